The van der Waals surface area contributed by atoms with Gasteiger partial charge in [0.15, 0.2) is 5.78 Å². The zero-order chi connectivity index (χ0) is 18.1. The lowest BCUT2D eigenvalue weighted by Crippen LogP contribution is -2.13. The van der Waals surface area contributed by atoms with Crippen molar-refractivity contribution in [2.24, 2.45) is 4.99 Å². The van der Waals surface area contributed by atoms with Crippen LogP contribution in [-0.4, -0.2) is 18.6 Å². The summed E-state index contributed by atoms with van der Waals surface area (Å²) < 4.78 is 18.8. The number of fused-ring (bicyclic) bond motifs is 1. The van der Waals surface area contributed by atoms with E-state index < -0.39 is 5.92 Å². The number of carbonyl (C=O) groups is 1. The van der Waals surface area contributed by atoms with Crippen LogP contribution >= 0.6 is 0 Å². The number of nitrogens with zero attached hydrogens (tertiary/aromatic N) is 1. The predicted molar refractivity (Wildman–Crippen MR) is 99.1 cm³/mol. The molecule has 0 saturated carbocycles. The number of ether oxygens (including phenoxy) is 1. The summed E-state index contributed by atoms with van der Waals surface area (Å²) in [7, 11) is 1.60. The smallest absolute Gasteiger partial charge is 0.176 e. The highest BCUT2D eigenvalue weighted by Gasteiger charge is 2.37. The Labute approximate surface area is 150 Å². The molecule has 4 heteroatoms. The molecule has 1 atom stereocenters. The number of methoxy groups -OCH3 is 1. The fourth-order valence-corrected chi connectivity index (χ4v) is 3.27. The summed E-state index contributed by atoms with van der Waals surface area (Å²) in [5, 5.41) is 0. The maximum Gasteiger partial charge on any atom is 0.176 e. The summed E-state index contributed by atoms with van der Waals surface area (Å²) in [5.41, 5.74) is 3.40. The molecule has 3 nitrogen and oxygen atoms in total. The van der Waals surface area contributed by atoms with Crippen molar-refractivity contribution in [3.63, 3.8) is 0 Å². The maximum absolute atomic E-state index is 13.6. The second-order valence-electron chi connectivity index (χ2n) is 6.09. The SMILES string of the molecule is COc1ccc([C@H]2C(=O)c3ccccc3C2=Nc2cccc(F)c2)cc1. The van der Waals surface area contributed by atoms with Crippen LogP contribution in [0.25, 0.3) is 0 Å². The topological polar surface area (TPSA) is 38.7 Å². The number of Topliss-reactive ketones (excluding diaryl/α,β-unsaturated/α-hetero) is 1. The number of ketones is 1. The quantitative estimate of drug-likeness (QED) is 0.675. The summed E-state index contributed by atoms with van der Waals surface area (Å²) in [4.78, 5) is 17.7. The van der Waals surface area contributed by atoms with Gasteiger partial charge in [0.1, 0.15) is 11.6 Å². The van der Waals surface area contributed by atoms with Crippen LogP contribution in [0.5, 0.6) is 5.75 Å². The molecule has 128 valence electrons. The molecular formula is C22H16FNO2. The zero-order valence-electron chi connectivity index (χ0n) is 14.1. The Bertz CT molecular complexity index is 1010. The van der Waals surface area contributed by atoms with Gasteiger partial charge in [-0.05, 0) is 35.9 Å². The maximum atomic E-state index is 13.6. The Hall–Kier alpha value is -3.27. The van der Waals surface area contributed by atoms with E-state index in [0.717, 1.165) is 16.9 Å². The third-order valence-corrected chi connectivity index (χ3v) is 4.51. The fraction of sp³-hybridized carbons (Fsp3) is 0.0909. The molecule has 0 fully saturated rings. The van der Waals surface area contributed by atoms with E-state index in [1.54, 1.807) is 19.2 Å². The van der Waals surface area contributed by atoms with Gasteiger partial charge in [0.05, 0.1) is 24.4 Å². The van der Waals surface area contributed by atoms with Gasteiger partial charge >= 0.3 is 0 Å². The molecule has 1 aliphatic rings. The number of hydrogen-bond donors (Lipinski definition) is 0. The van der Waals surface area contributed by atoms with E-state index in [9.17, 15) is 9.18 Å². The van der Waals surface area contributed by atoms with Crippen molar-refractivity contribution in [2.75, 3.05) is 7.11 Å². The number of carbonyl (C=O) groups excluding carboxylic acids is 1. The van der Waals surface area contributed by atoms with Gasteiger partial charge < -0.3 is 4.74 Å². The highest BCUT2D eigenvalue weighted by molar-refractivity contribution is 6.32. The first kappa shape index (κ1) is 16.2. The van der Waals surface area contributed by atoms with Gasteiger partial charge in [-0.3, -0.25) is 9.79 Å². The molecular weight excluding hydrogens is 329 g/mol. The normalized spacial score (nSPS) is 17.4. The molecule has 0 heterocycles. The minimum Gasteiger partial charge on any atom is -0.497 e. The Balaban J connectivity index is 1.87. The molecule has 0 N–H and O–H groups in total. The van der Waals surface area contributed by atoms with Crippen LogP contribution in [0.2, 0.25) is 0 Å². The van der Waals surface area contributed by atoms with E-state index >= 15 is 0 Å². The van der Waals surface area contributed by atoms with Crippen molar-refractivity contribution in [3.8, 4) is 5.75 Å². The lowest BCUT2D eigenvalue weighted by Gasteiger charge is -2.12. The third-order valence-electron chi connectivity index (χ3n) is 4.51. The first-order chi connectivity index (χ1) is 12.7. The summed E-state index contributed by atoms with van der Waals surface area (Å²) in [6.45, 7) is 0. The second kappa shape index (κ2) is 6.56. The van der Waals surface area contributed by atoms with E-state index in [1.807, 2.05) is 48.5 Å². The van der Waals surface area contributed by atoms with Gasteiger partial charge in [-0.2, -0.15) is 0 Å². The fourth-order valence-electron chi connectivity index (χ4n) is 3.27. The summed E-state index contributed by atoms with van der Waals surface area (Å²) >= 11 is 0. The van der Waals surface area contributed by atoms with Crippen molar-refractivity contribution in [3.05, 3.63) is 95.3 Å². The average Bonchev–Trinajstić information content (AvgIpc) is 2.94. The molecule has 0 saturated heterocycles. The number of rotatable bonds is 3. The molecule has 0 bridgehead atoms. The monoisotopic (exact) mass is 345 g/mol. The van der Waals surface area contributed by atoms with E-state index in [-0.39, 0.29) is 11.6 Å². The van der Waals surface area contributed by atoms with Crippen molar-refractivity contribution >= 4 is 17.2 Å². The number of halogens is 1. The Morgan fingerprint density at radius 1 is 0.923 bits per heavy atom. The molecule has 0 aliphatic heterocycles. The minimum atomic E-state index is -0.512. The summed E-state index contributed by atoms with van der Waals surface area (Å²) in [6, 6.07) is 20.9. The summed E-state index contributed by atoms with van der Waals surface area (Å²) in [5.74, 6) is -0.145. The van der Waals surface area contributed by atoms with Gasteiger partial charge in [0.25, 0.3) is 0 Å². The first-order valence-electron chi connectivity index (χ1n) is 8.29. The number of aliphatic imine (C=N–C) groups is 1. The standard InChI is InChI=1S/C22H16FNO2/c1-26-17-11-9-14(10-12-17)20-21(24-16-6-4-5-15(23)13-16)18-7-2-3-8-19(18)22(20)25/h2-13,20H,1H3/t20-/m1/s1. The molecule has 26 heavy (non-hydrogen) atoms. The summed E-state index contributed by atoms with van der Waals surface area (Å²) in [6.07, 6.45) is 0. The van der Waals surface area contributed by atoms with Gasteiger partial charge in [0.2, 0.25) is 0 Å². The van der Waals surface area contributed by atoms with Gasteiger partial charge in [0, 0.05) is 11.1 Å². The van der Waals surface area contributed by atoms with Gasteiger partial charge in [-0.1, -0.05) is 42.5 Å². The number of hydrogen-bond acceptors (Lipinski definition) is 3. The molecule has 0 unspecified atom stereocenters. The van der Waals surface area contributed by atoms with Crippen LogP contribution < -0.4 is 4.74 Å². The van der Waals surface area contributed by atoms with E-state index in [4.69, 9.17) is 4.74 Å². The minimum absolute atomic E-state index is 0.000852. The molecule has 0 aromatic heterocycles. The van der Waals surface area contributed by atoms with Crippen LogP contribution in [0.1, 0.15) is 27.4 Å². The van der Waals surface area contributed by atoms with Crippen LogP contribution in [0, 0.1) is 5.82 Å². The highest BCUT2D eigenvalue weighted by Crippen LogP contribution is 2.36. The molecule has 3 aromatic rings. The van der Waals surface area contributed by atoms with Crippen molar-refractivity contribution in [1.82, 2.24) is 0 Å². The first-order valence-corrected chi connectivity index (χ1v) is 8.29. The molecule has 4 rings (SSSR count). The molecule has 3 aromatic carbocycles. The Morgan fingerprint density at radius 3 is 2.35 bits per heavy atom. The van der Waals surface area contributed by atoms with Crippen molar-refractivity contribution in [1.29, 1.82) is 0 Å². The number of benzene rings is 3. The highest BCUT2D eigenvalue weighted by atomic mass is 19.1. The van der Waals surface area contributed by atoms with Crippen molar-refractivity contribution in [2.45, 2.75) is 5.92 Å². The zero-order valence-corrected chi connectivity index (χ0v) is 14.1. The van der Waals surface area contributed by atoms with E-state index in [1.165, 1.54) is 12.1 Å². The predicted octanol–water partition coefficient (Wildman–Crippen LogP) is 4.94. The van der Waals surface area contributed by atoms with Gasteiger partial charge in [-0.25, -0.2) is 4.39 Å². The second-order valence-corrected chi connectivity index (χ2v) is 6.09. The van der Waals surface area contributed by atoms with E-state index in [2.05, 4.69) is 4.99 Å². The average molecular weight is 345 g/mol. The molecule has 0 spiro atoms. The molecule has 1 aliphatic carbocycles. The Morgan fingerprint density at radius 2 is 1.65 bits per heavy atom. The van der Waals surface area contributed by atoms with E-state index in [0.29, 0.717) is 17.0 Å². The van der Waals surface area contributed by atoms with Gasteiger partial charge in [-0.15, -0.1) is 0 Å². The van der Waals surface area contributed by atoms with Crippen LogP contribution in [0.15, 0.2) is 77.8 Å². The largest absolute Gasteiger partial charge is 0.497 e. The van der Waals surface area contributed by atoms with Crippen molar-refractivity contribution < 1.29 is 13.9 Å². The Kier molecular flexibility index (Phi) is 4.09. The lowest BCUT2D eigenvalue weighted by atomic mass is 9.93. The molecule has 0 amide bonds. The van der Waals surface area contributed by atoms with Crippen LogP contribution in [0.3, 0.4) is 0 Å². The third kappa shape index (κ3) is 2.80. The van der Waals surface area contributed by atoms with Crippen LogP contribution in [0.4, 0.5) is 10.1 Å². The lowest BCUT2D eigenvalue weighted by molar-refractivity contribution is 0.0988. The molecule has 0 radical (unpaired) electrons. The van der Waals surface area contributed by atoms with Crippen LogP contribution in [-0.2, 0) is 0 Å².